The lowest BCUT2D eigenvalue weighted by Gasteiger charge is -2.13. The van der Waals surface area contributed by atoms with Gasteiger partial charge in [-0.05, 0) is 24.3 Å². The third-order valence-corrected chi connectivity index (χ3v) is 3.65. The molecule has 24 heavy (non-hydrogen) atoms. The molecule has 3 rings (SSSR count). The molecule has 1 N–H and O–H groups in total. The lowest BCUT2D eigenvalue weighted by Crippen LogP contribution is -1.97. The van der Waals surface area contributed by atoms with Crippen LogP contribution in [-0.2, 0) is 0 Å². The van der Waals surface area contributed by atoms with Crippen LogP contribution in [0, 0.1) is 10.1 Å². The lowest BCUT2D eigenvalue weighted by molar-refractivity contribution is -0.383. The highest BCUT2D eigenvalue weighted by atomic mass is 16.6. The van der Waals surface area contributed by atoms with Crippen LogP contribution in [0.4, 0.5) is 17.1 Å². The summed E-state index contributed by atoms with van der Waals surface area (Å²) in [7, 11) is 3.14. The van der Waals surface area contributed by atoms with Gasteiger partial charge in [0.1, 0.15) is 0 Å². The summed E-state index contributed by atoms with van der Waals surface area (Å²) in [6, 6.07) is 10.3. The van der Waals surface area contributed by atoms with E-state index in [1.807, 2.05) is 6.07 Å². The summed E-state index contributed by atoms with van der Waals surface area (Å²) in [6.07, 6.45) is 3.10. The summed E-state index contributed by atoms with van der Waals surface area (Å²) >= 11 is 0. The Morgan fingerprint density at radius 2 is 1.83 bits per heavy atom. The van der Waals surface area contributed by atoms with E-state index in [9.17, 15) is 10.1 Å². The Bertz CT molecular complexity index is 911. The third kappa shape index (κ3) is 2.79. The van der Waals surface area contributed by atoms with Crippen LogP contribution < -0.4 is 14.8 Å². The molecule has 0 radical (unpaired) electrons. The number of ether oxygens (including phenoxy) is 2. The zero-order valence-corrected chi connectivity index (χ0v) is 13.1. The topological polar surface area (TPSA) is 86.5 Å². The molecule has 0 aliphatic heterocycles. The van der Waals surface area contributed by atoms with E-state index in [1.165, 1.54) is 12.3 Å². The molecular formula is C17H15N3O4. The van der Waals surface area contributed by atoms with Crippen molar-refractivity contribution in [3.05, 3.63) is 58.9 Å². The maximum atomic E-state index is 11.2. The van der Waals surface area contributed by atoms with Crippen LogP contribution in [-0.4, -0.2) is 24.1 Å². The van der Waals surface area contributed by atoms with Gasteiger partial charge in [-0.25, -0.2) is 0 Å². The first-order valence-electron chi connectivity index (χ1n) is 7.14. The molecule has 0 amide bonds. The minimum atomic E-state index is -0.412. The minimum Gasteiger partial charge on any atom is -0.493 e. The van der Waals surface area contributed by atoms with E-state index < -0.39 is 4.92 Å². The van der Waals surface area contributed by atoms with Gasteiger partial charge in [-0.15, -0.1) is 0 Å². The number of hydrogen-bond acceptors (Lipinski definition) is 6. The normalized spacial score (nSPS) is 10.4. The molecule has 122 valence electrons. The second-order valence-corrected chi connectivity index (χ2v) is 5.01. The number of anilines is 2. The van der Waals surface area contributed by atoms with Gasteiger partial charge in [0, 0.05) is 41.3 Å². The quantitative estimate of drug-likeness (QED) is 0.565. The number of nitro benzene ring substituents is 1. The fraction of sp³-hybridized carbons (Fsp3) is 0.118. The smallest absolute Gasteiger partial charge is 0.278 e. The van der Waals surface area contributed by atoms with E-state index in [0.29, 0.717) is 22.3 Å². The Balaban J connectivity index is 2.05. The summed E-state index contributed by atoms with van der Waals surface area (Å²) in [5.74, 6) is 1.22. The molecule has 0 unspecified atom stereocenters. The SMILES string of the molecule is COc1ccc(Nc2ccc([N+](=O)[O-])c3cnccc23)cc1OC. The summed E-state index contributed by atoms with van der Waals surface area (Å²) in [4.78, 5) is 14.7. The monoisotopic (exact) mass is 325 g/mol. The zero-order valence-electron chi connectivity index (χ0n) is 13.1. The van der Waals surface area contributed by atoms with Crippen LogP contribution in [0.3, 0.4) is 0 Å². The molecule has 0 spiro atoms. The molecule has 0 saturated heterocycles. The Labute approximate surface area is 138 Å². The van der Waals surface area contributed by atoms with Crippen molar-refractivity contribution in [3.8, 4) is 11.5 Å². The predicted octanol–water partition coefficient (Wildman–Crippen LogP) is 3.90. The molecule has 7 heteroatoms. The van der Waals surface area contributed by atoms with Crippen molar-refractivity contribution in [2.45, 2.75) is 0 Å². The summed E-state index contributed by atoms with van der Waals surface area (Å²) < 4.78 is 10.5. The number of benzene rings is 2. The van der Waals surface area contributed by atoms with Gasteiger partial charge in [-0.3, -0.25) is 15.1 Å². The molecule has 3 aromatic rings. The summed E-state index contributed by atoms with van der Waals surface area (Å²) in [5, 5.41) is 15.6. The number of hydrogen-bond donors (Lipinski definition) is 1. The molecule has 7 nitrogen and oxygen atoms in total. The zero-order chi connectivity index (χ0) is 17.1. The molecule has 0 saturated carbocycles. The molecule has 0 aliphatic carbocycles. The number of nitrogens with one attached hydrogen (secondary N) is 1. The van der Waals surface area contributed by atoms with Crippen molar-refractivity contribution in [1.82, 2.24) is 4.98 Å². The first-order valence-corrected chi connectivity index (χ1v) is 7.14. The lowest BCUT2D eigenvalue weighted by atomic mass is 10.1. The van der Waals surface area contributed by atoms with Crippen LogP contribution in [0.15, 0.2) is 48.8 Å². The Morgan fingerprint density at radius 3 is 2.54 bits per heavy atom. The maximum Gasteiger partial charge on any atom is 0.278 e. The number of methoxy groups -OCH3 is 2. The van der Waals surface area contributed by atoms with Gasteiger partial charge in [0.15, 0.2) is 11.5 Å². The molecular weight excluding hydrogens is 310 g/mol. The predicted molar refractivity (Wildman–Crippen MR) is 91.2 cm³/mol. The van der Waals surface area contributed by atoms with Gasteiger partial charge in [0.2, 0.25) is 0 Å². The number of nitrogens with zero attached hydrogens (tertiary/aromatic N) is 2. The molecule has 0 atom stereocenters. The van der Waals surface area contributed by atoms with Crippen LogP contribution in [0.25, 0.3) is 10.8 Å². The molecule has 0 aliphatic rings. The standard InChI is InChI=1S/C17H15N3O4/c1-23-16-6-3-11(9-17(16)24-2)19-14-4-5-15(20(21)22)13-10-18-8-7-12(13)14/h3-10,19H,1-2H3. The molecule has 2 aromatic carbocycles. The molecule has 0 fully saturated rings. The number of pyridine rings is 1. The average molecular weight is 325 g/mol. The number of nitro groups is 1. The van der Waals surface area contributed by atoms with E-state index in [-0.39, 0.29) is 5.69 Å². The van der Waals surface area contributed by atoms with Gasteiger partial charge < -0.3 is 14.8 Å². The van der Waals surface area contributed by atoms with Crippen molar-refractivity contribution < 1.29 is 14.4 Å². The van der Waals surface area contributed by atoms with Crippen LogP contribution >= 0.6 is 0 Å². The average Bonchev–Trinajstić information content (AvgIpc) is 2.61. The Hall–Kier alpha value is -3.35. The van der Waals surface area contributed by atoms with E-state index >= 15 is 0 Å². The van der Waals surface area contributed by atoms with Crippen molar-refractivity contribution in [1.29, 1.82) is 0 Å². The van der Waals surface area contributed by atoms with Crippen molar-refractivity contribution in [3.63, 3.8) is 0 Å². The number of fused-ring (bicyclic) bond motifs is 1. The highest BCUT2D eigenvalue weighted by molar-refractivity contribution is 6.00. The highest BCUT2D eigenvalue weighted by Gasteiger charge is 2.14. The van der Waals surface area contributed by atoms with Crippen molar-refractivity contribution in [2.24, 2.45) is 0 Å². The second-order valence-electron chi connectivity index (χ2n) is 5.01. The first-order chi connectivity index (χ1) is 11.6. The van der Waals surface area contributed by atoms with Crippen LogP contribution in [0.2, 0.25) is 0 Å². The van der Waals surface area contributed by atoms with E-state index in [1.54, 1.807) is 44.7 Å². The van der Waals surface area contributed by atoms with E-state index in [0.717, 1.165) is 11.4 Å². The second kappa shape index (κ2) is 6.41. The highest BCUT2D eigenvalue weighted by Crippen LogP contribution is 2.35. The Kier molecular flexibility index (Phi) is 4.15. The first kappa shape index (κ1) is 15.5. The van der Waals surface area contributed by atoms with Gasteiger partial charge in [-0.2, -0.15) is 0 Å². The van der Waals surface area contributed by atoms with Crippen LogP contribution in [0.1, 0.15) is 0 Å². The minimum absolute atomic E-state index is 0.0240. The van der Waals surface area contributed by atoms with Gasteiger partial charge in [0.05, 0.1) is 24.5 Å². The fourth-order valence-electron chi connectivity index (χ4n) is 2.51. The number of non-ortho nitro benzene ring substituents is 1. The molecule has 0 bridgehead atoms. The molecule has 1 aromatic heterocycles. The third-order valence-electron chi connectivity index (χ3n) is 3.65. The molecule has 1 heterocycles. The number of rotatable bonds is 5. The number of aromatic nitrogens is 1. The van der Waals surface area contributed by atoms with E-state index in [4.69, 9.17) is 9.47 Å². The van der Waals surface area contributed by atoms with Crippen molar-refractivity contribution in [2.75, 3.05) is 19.5 Å². The summed E-state index contributed by atoms with van der Waals surface area (Å²) in [5.41, 5.74) is 1.54. The van der Waals surface area contributed by atoms with Gasteiger partial charge >= 0.3 is 0 Å². The van der Waals surface area contributed by atoms with Crippen LogP contribution in [0.5, 0.6) is 11.5 Å². The van der Waals surface area contributed by atoms with Gasteiger partial charge in [0.25, 0.3) is 5.69 Å². The maximum absolute atomic E-state index is 11.2. The van der Waals surface area contributed by atoms with E-state index in [2.05, 4.69) is 10.3 Å². The summed E-state index contributed by atoms with van der Waals surface area (Å²) in [6.45, 7) is 0. The van der Waals surface area contributed by atoms with Crippen molar-refractivity contribution >= 4 is 27.8 Å². The largest absolute Gasteiger partial charge is 0.493 e. The Morgan fingerprint density at radius 1 is 1.04 bits per heavy atom. The fourth-order valence-corrected chi connectivity index (χ4v) is 2.51. The van der Waals surface area contributed by atoms with Gasteiger partial charge in [-0.1, -0.05) is 0 Å².